The summed E-state index contributed by atoms with van der Waals surface area (Å²) in [4.78, 5) is 24.4. The van der Waals surface area contributed by atoms with Gasteiger partial charge in [0, 0.05) is 0 Å². The first-order valence-electron chi connectivity index (χ1n) is 5.75. The van der Waals surface area contributed by atoms with E-state index in [1.807, 2.05) is 0 Å². The maximum atomic E-state index is 12.1. The van der Waals surface area contributed by atoms with Gasteiger partial charge in [-0.05, 0) is 25.1 Å². The number of amides is 1. The highest BCUT2D eigenvalue weighted by molar-refractivity contribution is 6.52. The predicted molar refractivity (Wildman–Crippen MR) is 62.6 cm³/mol. The van der Waals surface area contributed by atoms with Gasteiger partial charge in [0.2, 0.25) is 0 Å². The van der Waals surface area contributed by atoms with Crippen LogP contribution in [0.15, 0.2) is 18.2 Å². The average Bonchev–Trinajstić information content (AvgIpc) is 2.59. The maximum absolute atomic E-state index is 12.1. The minimum Gasteiger partial charge on any atom is -0.406 e. The van der Waals surface area contributed by atoms with E-state index < -0.39 is 36.1 Å². The number of ether oxygens (including phenoxy) is 1. The van der Waals surface area contributed by atoms with Crippen molar-refractivity contribution < 1.29 is 37.7 Å². The van der Waals surface area contributed by atoms with Crippen LogP contribution in [-0.4, -0.2) is 40.6 Å². The predicted octanol–water partition coefficient (Wildman–Crippen LogP) is 0.814. The number of ketones is 1. The SMILES string of the molecule is CC(C(O)O)N1C(=O)C(=O)c2cc(OC(F)(F)F)ccc21. The molecule has 0 bridgehead atoms. The number of rotatable bonds is 3. The molecule has 0 saturated heterocycles. The number of carbonyl (C=O) groups is 2. The van der Waals surface area contributed by atoms with E-state index in [0.717, 1.165) is 23.1 Å². The first-order valence-corrected chi connectivity index (χ1v) is 5.75. The Morgan fingerprint density at radius 3 is 2.38 bits per heavy atom. The number of nitrogens with zero attached hydrogens (tertiary/aromatic N) is 1. The first-order chi connectivity index (χ1) is 9.61. The molecule has 1 amide bonds. The monoisotopic (exact) mass is 305 g/mol. The number of benzene rings is 1. The molecule has 0 spiro atoms. The second-order valence-corrected chi connectivity index (χ2v) is 4.39. The molecule has 1 aromatic carbocycles. The number of aliphatic hydroxyl groups excluding tert-OH is 1. The number of Topliss-reactive ketones (excluding diaryl/α,β-unsaturated/α-hetero) is 1. The van der Waals surface area contributed by atoms with Gasteiger partial charge in [-0.25, -0.2) is 0 Å². The zero-order chi connectivity index (χ0) is 15.9. The van der Waals surface area contributed by atoms with Crippen molar-refractivity contribution in [1.82, 2.24) is 0 Å². The molecule has 6 nitrogen and oxygen atoms in total. The zero-order valence-corrected chi connectivity index (χ0v) is 10.6. The number of aliphatic hydroxyl groups is 2. The molecule has 9 heteroatoms. The van der Waals surface area contributed by atoms with Crippen molar-refractivity contribution in [2.24, 2.45) is 0 Å². The van der Waals surface area contributed by atoms with E-state index in [0.29, 0.717) is 0 Å². The highest BCUT2D eigenvalue weighted by Gasteiger charge is 2.41. The van der Waals surface area contributed by atoms with E-state index in [2.05, 4.69) is 4.74 Å². The normalized spacial score (nSPS) is 16.4. The molecular formula is C12H10F3NO5. The number of fused-ring (bicyclic) bond motifs is 1. The molecule has 2 rings (SSSR count). The quantitative estimate of drug-likeness (QED) is 0.637. The molecule has 1 heterocycles. The van der Waals surface area contributed by atoms with Crippen LogP contribution in [-0.2, 0) is 4.79 Å². The molecule has 0 saturated carbocycles. The van der Waals surface area contributed by atoms with Gasteiger partial charge in [0.15, 0.2) is 6.29 Å². The summed E-state index contributed by atoms with van der Waals surface area (Å²) in [5, 5.41) is 18.2. The molecule has 0 fully saturated rings. The van der Waals surface area contributed by atoms with Crippen molar-refractivity contribution in [3.63, 3.8) is 0 Å². The average molecular weight is 305 g/mol. The Balaban J connectivity index is 2.42. The molecule has 1 aromatic rings. The van der Waals surface area contributed by atoms with Crippen molar-refractivity contribution in [3.05, 3.63) is 23.8 Å². The minimum atomic E-state index is -4.92. The van der Waals surface area contributed by atoms with Crippen LogP contribution in [0, 0.1) is 0 Å². The van der Waals surface area contributed by atoms with E-state index in [4.69, 9.17) is 10.2 Å². The Kier molecular flexibility index (Phi) is 3.64. The van der Waals surface area contributed by atoms with Crippen LogP contribution < -0.4 is 9.64 Å². The lowest BCUT2D eigenvalue weighted by Gasteiger charge is -2.25. The topological polar surface area (TPSA) is 87.1 Å². The third-order valence-corrected chi connectivity index (χ3v) is 2.96. The number of hydrogen-bond donors (Lipinski definition) is 2. The van der Waals surface area contributed by atoms with Gasteiger partial charge < -0.3 is 14.9 Å². The lowest BCUT2D eigenvalue weighted by Crippen LogP contribution is -2.44. The van der Waals surface area contributed by atoms with E-state index in [1.165, 1.54) is 6.92 Å². The van der Waals surface area contributed by atoms with Gasteiger partial charge in [-0.3, -0.25) is 14.5 Å². The summed E-state index contributed by atoms with van der Waals surface area (Å²) in [5.41, 5.74) is -0.283. The number of alkyl halides is 3. The Morgan fingerprint density at radius 1 is 1.24 bits per heavy atom. The molecule has 1 aliphatic heterocycles. The number of carbonyl (C=O) groups excluding carboxylic acids is 2. The van der Waals surface area contributed by atoms with Gasteiger partial charge in [-0.1, -0.05) is 0 Å². The third-order valence-electron chi connectivity index (χ3n) is 2.96. The van der Waals surface area contributed by atoms with Gasteiger partial charge in [0.25, 0.3) is 11.7 Å². The molecule has 2 N–H and O–H groups in total. The van der Waals surface area contributed by atoms with Crippen molar-refractivity contribution in [1.29, 1.82) is 0 Å². The summed E-state index contributed by atoms with van der Waals surface area (Å²) in [6, 6.07) is 1.68. The van der Waals surface area contributed by atoms with Crippen molar-refractivity contribution in [2.75, 3.05) is 4.90 Å². The van der Waals surface area contributed by atoms with Crippen LogP contribution in [0.5, 0.6) is 5.75 Å². The second-order valence-electron chi connectivity index (χ2n) is 4.39. The Hall–Kier alpha value is -2.13. The molecule has 1 atom stereocenters. The van der Waals surface area contributed by atoms with Gasteiger partial charge in [-0.15, -0.1) is 13.2 Å². The zero-order valence-electron chi connectivity index (χ0n) is 10.6. The van der Waals surface area contributed by atoms with Crippen LogP contribution in [0.3, 0.4) is 0 Å². The van der Waals surface area contributed by atoms with Crippen LogP contribution in [0.1, 0.15) is 17.3 Å². The summed E-state index contributed by atoms with van der Waals surface area (Å²) in [6.45, 7) is 1.28. The van der Waals surface area contributed by atoms with Crippen molar-refractivity contribution in [3.8, 4) is 5.75 Å². The first kappa shape index (κ1) is 15.3. The van der Waals surface area contributed by atoms with E-state index >= 15 is 0 Å². The molecule has 21 heavy (non-hydrogen) atoms. The van der Waals surface area contributed by atoms with Crippen LogP contribution >= 0.6 is 0 Å². The minimum absolute atomic E-state index is 0.000115. The van der Waals surface area contributed by atoms with Crippen molar-refractivity contribution in [2.45, 2.75) is 25.6 Å². The fourth-order valence-electron chi connectivity index (χ4n) is 1.98. The summed E-state index contributed by atoms with van der Waals surface area (Å²) < 4.78 is 40.1. The largest absolute Gasteiger partial charge is 0.573 e. The van der Waals surface area contributed by atoms with E-state index in [-0.39, 0.29) is 11.3 Å². The summed E-state index contributed by atoms with van der Waals surface area (Å²) >= 11 is 0. The fourth-order valence-corrected chi connectivity index (χ4v) is 1.98. The molecule has 1 aliphatic rings. The Bertz CT molecular complexity index is 599. The number of anilines is 1. The summed E-state index contributed by atoms with van der Waals surface area (Å²) in [5.74, 6) is -2.72. The smallest absolute Gasteiger partial charge is 0.406 e. The summed E-state index contributed by atoms with van der Waals surface area (Å²) in [6.07, 6.45) is -6.83. The van der Waals surface area contributed by atoms with Gasteiger partial charge >= 0.3 is 6.36 Å². The molecule has 0 aliphatic carbocycles. The molecule has 0 radical (unpaired) electrons. The highest BCUT2D eigenvalue weighted by Crippen LogP contribution is 2.35. The Labute approximate surface area is 116 Å². The fraction of sp³-hybridized carbons (Fsp3) is 0.333. The van der Waals surface area contributed by atoms with Crippen LogP contribution in [0.4, 0.5) is 18.9 Å². The molecule has 1 unspecified atom stereocenters. The van der Waals surface area contributed by atoms with Crippen LogP contribution in [0.2, 0.25) is 0 Å². The van der Waals surface area contributed by atoms with Crippen molar-refractivity contribution >= 4 is 17.4 Å². The second kappa shape index (κ2) is 5.01. The van der Waals surface area contributed by atoms with Gasteiger partial charge in [0.1, 0.15) is 5.75 Å². The molecular weight excluding hydrogens is 295 g/mol. The van der Waals surface area contributed by atoms with Gasteiger partial charge in [0.05, 0.1) is 17.3 Å². The van der Waals surface area contributed by atoms with E-state index in [1.54, 1.807) is 0 Å². The standard InChI is InChI=1S/C12H10F3NO5/c1-5(11(19)20)16-8-3-2-6(21-12(13,14)15)4-7(8)9(17)10(16)18/h2-5,11,19-20H,1H3. The number of hydrogen-bond acceptors (Lipinski definition) is 5. The molecule has 0 aromatic heterocycles. The van der Waals surface area contributed by atoms with E-state index in [9.17, 15) is 22.8 Å². The highest BCUT2D eigenvalue weighted by atomic mass is 19.4. The molecule has 114 valence electrons. The third kappa shape index (κ3) is 2.83. The van der Waals surface area contributed by atoms with Gasteiger partial charge in [-0.2, -0.15) is 0 Å². The Morgan fingerprint density at radius 2 is 1.86 bits per heavy atom. The lowest BCUT2D eigenvalue weighted by atomic mass is 10.1. The lowest BCUT2D eigenvalue weighted by molar-refractivity contribution is -0.274. The maximum Gasteiger partial charge on any atom is 0.573 e. The summed E-state index contributed by atoms with van der Waals surface area (Å²) in [7, 11) is 0. The number of halogens is 3. The van der Waals surface area contributed by atoms with Crippen LogP contribution in [0.25, 0.3) is 0 Å².